The predicted molar refractivity (Wildman–Crippen MR) is 105 cm³/mol. The van der Waals surface area contributed by atoms with E-state index in [1.807, 2.05) is 13.8 Å². The molecule has 0 bridgehead atoms. The average Bonchev–Trinajstić information content (AvgIpc) is 2.64. The fourth-order valence-electron chi connectivity index (χ4n) is 2.30. The van der Waals surface area contributed by atoms with Gasteiger partial charge in [-0.1, -0.05) is 60.8 Å². The number of hydrogen-bond acceptors (Lipinski definition) is 5. The van der Waals surface area contributed by atoms with Crippen LogP contribution in [0.2, 0.25) is 0 Å². The quantitative estimate of drug-likeness (QED) is 0.576. The van der Waals surface area contributed by atoms with E-state index in [9.17, 15) is 13.2 Å². The number of nitrogens with zero attached hydrogens (tertiary/aromatic N) is 3. The normalized spacial score (nSPS) is 12.9. The molecule has 0 saturated carbocycles. The Morgan fingerprint density at radius 3 is 2.21 bits per heavy atom. The molecule has 0 spiro atoms. The Hall–Kier alpha value is -1.35. The molecule has 0 aliphatic rings. The van der Waals surface area contributed by atoms with Crippen molar-refractivity contribution in [3.63, 3.8) is 0 Å². The molecule has 154 valence electrons. The molecule has 1 aromatic heterocycles. The van der Waals surface area contributed by atoms with Crippen LogP contribution in [0, 0.1) is 0 Å². The summed E-state index contributed by atoms with van der Waals surface area (Å²) < 4.78 is 37.1. The first-order chi connectivity index (χ1) is 12.9. The molecule has 0 saturated heterocycles. The molecule has 0 atom stereocenters. The molecular weight excluding hydrogens is 438 g/mol. The van der Waals surface area contributed by atoms with Crippen LogP contribution in [0.4, 0.5) is 19.1 Å². The third-order valence-corrected chi connectivity index (χ3v) is 4.85. The maximum absolute atomic E-state index is 13.0. The van der Waals surface area contributed by atoms with E-state index >= 15 is 0 Å². The number of nitrogens with one attached hydrogen (secondary N) is 1. The van der Waals surface area contributed by atoms with Crippen molar-refractivity contribution in [2.24, 2.45) is 5.73 Å². The minimum Gasteiger partial charge on any atom is -0.352 e. The largest absolute Gasteiger partial charge is 0.416 e. The van der Waals surface area contributed by atoms with Gasteiger partial charge in [-0.25, -0.2) is 4.98 Å². The zero-order valence-corrected chi connectivity index (χ0v) is 17.4. The van der Waals surface area contributed by atoms with E-state index in [-0.39, 0.29) is 23.2 Å². The zero-order valence-electron chi connectivity index (χ0n) is 15.1. The lowest BCUT2D eigenvalue weighted by molar-refractivity contribution is -0.137. The molecule has 5 nitrogen and oxygen atoms in total. The first-order valence-electron chi connectivity index (χ1n) is 8.41. The molecule has 0 unspecified atom stereocenters. The number of hydrogen-bond donors (Lipinski definition) is 2. The Bertz CT molecular complexity index is 820. The van der Waals surface area contributed by atoms with Crippen LogP contribution in [-0.4, -0.2) is 27.0 Å². The fraction of sp³-hybridized carbons (Fsp3) is 0.471. The number of halogens is 6. The van der Waals surface area contributed by atoms with E-state index in [2.05, 4.69) is 20.3 Å². The van der Waals surface area contributed by atoms with Crippen LogP contribution in [-0.2, 0) is 9.97 Å². The number of nitrogens with two attached hydrogens (primary N) is 1. The van der Waals surface area contributed by atoms with Crippen molar-refractivity contribution < 1.29 is 13.2 Å². The number of benzene rings is 1. The summed E-state index contributed by atoms with van der Waals surface area (Å²) >= 11 is 17.7. The standard InChI is InChI=1S/C17H19Cl3F3N5/c1-3-15(24,4-2)9-25-14-27-12(26-13(28-14)16(18,19)20)10-6-5-7-11(8-10)17(21,22)23/h5-8H,3-4,9,24H2,1-2H3,(H,25,26,27,28). The highest BCUT2D eigenvalue weighted by Gasteiger charge is 2.32. The molecular formula is C17H19Cl3F3N5. The predicted octanol–water partition coefficient (Wildman–Crippen LogP) is 5.31. The van der Waals surface area contributed by atoms with Crippen molar-refractivity contribution in [1.82, 2.24) is 15.0 Å². The maximum Gasteiger partial charge on any atom is 0.416 e. The summed E-state index contributed by atoms with van der Waals surface area (Å²) in [4.78, 5) is 12.3. The lowest BCUT2D eigenvalue weighted by Crippen LogP contribution is -2.45. The summed E-state index contributed by atoms with van der Waals surface area (Å²) in [6, 6.07) is 4.56. The minimum atomic E-state index is -4.51. The van der Waals surface area contributed by atoms with Crippen LogP contribution in [0.3, 0.4) is 0 Å². The fourth-order valence-corrected chi connectivity index (χ4v) is 2.55. The summed E-state index contributed by atoms with van der Waals surface area (Å²) in [5.74, 6) is -0.209. The number of anilines is 1. The monoisotopic (exact) mass is 455 g/mol. The third kappa shape index (κ3) is 5.83. The molecule has 28 heavy (non-hydrogen) atoms. The molecule has 3 N–H and O–H groups in total. The highest BCUT2D eigenvalue weighted by atomic mass is 35.6. The van der Waals surface area contributed by atoms with Gasteiger partial charge in [-0.2, -0.15) is 23.1 Å². The molecule has 2 aromatic rings. The Morgan fingerprint density at radius 2 is 1.68 bits per heavy atom. The Kier molecular flexibility index (Phi) is 7.02. The number of alkyl halides is 6. The van der Waals surface area contributed by atoms with Crippen molar-refractivity contribution in [2.75, 3.05) is 11.9 Å². The van der Waals surface area contributed by atoms with Gasteiger partial charge >= 0.3 is 6.18 Å². The van der Waals surface area contributed by atoms with Gasteiger partial charge in [0.05, 0.1) is 5.56 Å². The van der Waals surface area contributed by atoms with Crippen molar-refractivity contribution in [1.29, 1.82) is 0 Å². The van der Waals surface area contributed by atoms with Gasteiger partial charge in [-0.3, -0.25) is 0 Å². The first kappa shape index (κ1) is 22.9. The van der Waals surface area contributed by atoms with Gasteiger partial charge in [-0.15, -0.1) is 0 Å². The zero-order chi connectivity index (χ0) is 21.2. The molecule has 0 amide bonds. The van der Waals surface area contributed by atoms with Gasteiger partial charge in [-0.05, 0) is 25.0 Å². The Morgan fingerprint density at radius 1 is 1.04 bits per heavy atom. The topological polar surface area (TPSA) is 76.7 Å². The average molecular weight is 457 g/mol. The number of rotatable bonds is 6. The van der Waals surface area contributed by atoms with Crippen LogP contribution >= 0.6 is 34.8 Å². The molecule has 0 aliphatic carbocycles. The maximum atomic E-state index is 13.0. The second kappa shape index (κ2) is 8.57. The van der Waals surface area contributed by atoms with Crippen LogP contribution in [0.25, 0.3) is 11.4 Å². The second-order valence-corrected chi connectivity index (χ2v) is 8.59. The molecule has 11 heteroatoms. The summed E-state index contributed by atoms with van der Waals surface area (Å²) in [5, 5.41) is 2.97. The lowest BCUT2D eigenvalue weighted by atomic mass is 9.94. The Labute approximate surface area is 175 Å². The smallest absolute Gasteiger partial charge is 0.352 e. The summed E-state index contributed by atoms with van der Waals surface area (Å²) in [5.41, 5.74) is 5.01. The summed E-state index contributed by atoms with van der Waals surface area (Å²) in [7, 11) is 0. The molecule has 1 aromatic carbocycles. The van der Waals surface area contributed by atoms with E-state index in [4.69, 9.17) is 40.5 Å². The van der Waals surface area contributed by atoms with Gasteiger partial charge in [0.2, 0.25) is 9.74 Å². The molecule has 0 aliphatic heterocycles. The van der Waals surface area contributed by atoms with E-state index in [1.165, 1.54) is 12.1 Å². The summed E-state index contributed by atoms with van der Waals surface area (Å²) in [6.07, 6.45) is -3.12. The van der Waals surface area contributed by atoms with Gasteiger partial charge < -0.3 is 11.1 Å². The van der Waals surface area contributed by atoms with Gasteiger partial charge in [0.25, 0.3) is 0 Å². The van der Waals surface area contributed by atoms with Crippen molar-refractivity contribution in [3.8, 4) is 11.4 Å². The number of aromatic nitrogens is 3. The van der Waals surface area contributed by atoms with Gasteiger partial charge in [0.15, 0.2) is 11.6 Å². The summed E-state index contributed by atoms with van der Waals surface area (Å²) in [6.45, 7) is 4.21. The first-order valence-corrected chi connectivity index (χ1v) is 9.55. The van der Waals surface area contributed by atoms with E-state index in [0.29, 0.717) is 19.4 Å². The minimum absolute atomic E-state index is 0.0551. The second-order valence-electron chi connectivity index (χ2n) is 6.31. The highest BCUT2D eigenvalue weighted by Crippen LogP contribution is 2.37. The van der Waals surface area contributed by atoms with Crippen LogP contribution in [0.15, 0.2) is 24.3 Å². The van der Waals surface area contributed by atoms with Crippen LogP contribution < -0.4 is 11.1 Å². The molecule has 0 fully saturated rings. The van der Waals surface area contributed by atoms with Crippen molar-refractivity contribution in [3.05, 3.63) is 35.7 Å². The highest BCUT2D eigenvalue weighted by molar-refractivity contribution is 6.66. The molecule has 0 radical (unpaired) electrons. The Balaban J connectivity index is 2.47. The molecule has 1 heterocycles. The van der Waals surface area contributed by atoms with Crippen molar-refractivity contribution >= 4 is 40.8 Å². The van der Waals surface area contributed by atoms with E-state index < -0.39 is 21.1 Å². The van der Waals surface area contributed by atoms with Gasteiger partial charge in [0, 0.05) is 17.6 Å². The van der Waals surface area contributed by atoms with Gasteiger partial charge in [0.1, 0.15) is 0 Å². The molecule has 2 rings (SSSR count). The van der Waals surface area contributed by atoms with E-state index in [1.54, 1.807) is 0 Å². The lowest BCUT2D eigenvalue weighted by Gasteiger charge is -2.27. The third-order valence-electron chi connectivity index (χ3n) is 4.34. The van der Waals surface area contributed by atoms with E-state index in [0.717, 1.165) is 12.1 Å². The van der Waals surface area contributed by atoms with Crippen LogP contribution in [0.5, 0.6) is 0 Å². The SMILES string of the molecule is CCC(N)(CC)CNc1nc(-c2cccc(C(F)(F)F)c2)nc(C(Cl)(Cl)Cl)n1. The van der Waals surface area contributed by atoms with Crippen LogP contribution in [0.1, 0.15) is 38.1 Å². The van der Waals surface area contributed by atoms with Crippen molar-refractivity contribution in [2.45, 2.75) is 42.2 Å².